The standard InChI is InChI=1S/C13H16N2/c1-10(2)7-14-8-11-9-15-13-6-4-3-5-12(11)13/h3-6,9,14-15H,1,7-8H2,2H3. The van der Waals surface area contributed by atoms with Crippen LogP contribution in [-0.2, 0) is 6.54 Å². The largest absolute Gasteiger partial charge is 0.361 e. The fourth-order valence-electron chi connectivity index (χ4n) is 1.69. The third kappa shape index (κ3) is 2.28. The molecule has 0 saturated heterocycles. The molecule has 1 aromatic heterocycles. The Bertz CT molecular complexity index is 468. The highest BCUT2D eigenvalue weighted by molar-refractivity contribution is 5.82. The summed E-state index contributed by atoms with van der Waals surface area (Å²) in [6.45, 7) is 7.66. The third-order valence-corrected chi connectivity index (χ3v) is 2.42. The minimum atomic E-state index is 0.875. The molecule has 1 heterocycles. The van der Waals surface area contributed by atoms with Crippen molar-refractivity contribution in [3.63, 3.8) is 0 Å². The van der Waals surface area contributed by atoms with Gasteiger partial charge in [0.05, 0.1) is 0 Å². The second-order valence-corrected chi connectivity index (χ2v) is 3.92. The van der Waals surface area contributed by atoms with Gasteiger partial charge in [-0.2, -0.15) is 0 Å². The summed E-state index contributed by atoms with van der Waals surface area (Å²) in [5.41, 5.74) is 3.67. The molecule has 0 atom stereocenters. The van der Waals surface area contributed by atoms with Crippen LogP contribution in [0, 0.1) is 0 Å². The van der Waals surface area contributed by atoms with Gasteiger partial charge in [-0.1, -0.05) is 30.4 Å². The smallest absolute Gasteiger partial charge is 0.0457 e. The Hall–Kier alpha value is -1.54. The van der Waals surface area contributed by atoms with Crippen LogP contribution in [0.5, 0.6) is 0 Å². The number of hydrogen-bond acceptors (Lipinski definition) is 1. The molecular weight excluding hydrogens is 184 g/mol. The first-order chi connectivity index (χ1) is 7.27. The Morgan fingerprint density at radius 1 is 1.40 bits per heavy atom. The molecule has 0 amide bonds. The van der Waals surface area contributed by atoms with Crippen molar-refractivity contribution in [2.24, 2.45) is 0 Å². The summed E-state index contributed by atoms with van der Waals surface area (Å²) in [6, 6.07) is 8.35. The Morgan fingerprint density at radius 2 is 2.20 bits per heavy atom. The second-order valence-electron chi connectivity index (χ2n) is 3.92. The van der Waals surface area contributed by atoms with Crippen molar-refractivity contribution in [2.75, 3.05) is 6.54 Å². The van der Waals surface area contributed by atoms with Gasteiger partial charge in [0.25, 0.3) is 0 Å². The van der Waals surface area contributed by atoms with E-state index in [0.717, 1.165) is 18.7 Å². The van der Waals surface area contributed by atoms with Gasteiger partial charge < -0.3 is 10.3 Å². The van der Waals surface area contributed by atoms with Gasteiger partial charge in [0.15, 0.2) is 0 Å². The molecule has 2 N–H and O–H groups in total. The van der Waals surface area contributed by atoms with Gasteiger partial charge in [-0.25, -0.2) is 0 Å². The van der Waals surface area contributed by atoms with Crippen molar-refractivity contribution in [3.8, 4) is 0 Å². The van der Waals surface area contributed by atoms with E-state index in [-0.39, 0.29) is 0 Å². The Balaban J connectivity index is 2.11. The van der Waals surface area contributed by atoms with Crippen LogP contribution in [-0.4, -0.2) is 11.5 Å². The zero-order valence-electron chi connectivity index (χ0n) is 9.01. The second kappa shape index (κ2) is 4.32. The van der Waals surface area contributed by atoms with Crippen LogP contribution < -0.4 is 5.32 Å². The van der Waals surface area contributed by atoms with Crippen molar-refractivity contribution in [1.29, 1.82) is 0 Å². The van der Waals surface area contributed by atoms with E-state index >= 15 is 0 Å². The Kier molecular flexibility index (Phi) is 2.88. The van der Waals surface area contributed by atoms with E-state index in [1.54, 1.807) is 0 Å². The third-order valence-electron chi connectivity index (χ3n) is 2.42. The van der Waals surface area contributed by atoms with Crippen LogP contribution in [0.25, 0.3) is 10.9 Å². The van der Waals surface area contributed by atoms with Crippen molar-refractivity contribution < 1.29 is 0 Å². The zero-order valence-corrected chi connectivity index (χ0v) is 9.01. The normalized spacial score (nSPS) is 10.7. The molecule has 0 spiro atoms. The summed E-state index contributed by atoms with van der Waals surface area (Å²) in [5, 5.41) is 4.66. The maximum absolute atomic E-state index is 3.87. The van der Waals surface area contributed by atoms with Gasteiger partial charge in [-0.15, -0.1) is 0 Å². The number of rotatable bonds is 4. The number of aromatic nitrogens is 1. The Labute approximate surface area is 90.0 Å². The van der Waals surface area contributed by atoms with Crippen molar-refractivity contribution in [3.05, 3.63) is 48.2 Å². The van der Waals surface area contributed by atoms with E-state index in [4.69, 9.17) is 0 Å². The lowest BCUT2D eigenvalue weighted by molar-refractivity contribution is 0.745. The number of para-hydroxylation sites is 1. The number of aromatic amines is 1. The predicted octanol–water partition coefficient (Wildman–Crippen LogP) is 2.83. The van der Waals surface area contributed by atoms with Gasteiger partial charge in [0.2, 0.25) is 0 Å². The topological polar surface area (TPSA) is 27.8 Å². The molecule has 1 aromatic carbocycles. The first-order valence-corrected chi connectivity index (χ1v) is 5.17. The van der Waals surface area contributed by atoms with Crippen LogP contribution in [0.1, 0.15) is 12.5 Å². The first kappa shape index (κ1) is 9.99. The highest BCUT2D eigenvalue weighted by Crippen LogP contribution is 2.17. The number of benzene rings is 1. The fraction of sp³-hybridized carbons (Fsp3) is 0.231. The molecule has 0 aliphatic carbocycles. The van der Waals surface area contributed by atoms with Gasteiger partial charge in [-0.3, -0.25) is 0 Å². The maximum atomic E-state index is 3.87. The molecule has 2 rings (SSSR count). The quantitative estimate of drug-likeness (QED) is 0.730. The van der Waals surface area contributed by atoms with Gasteiger partial charge >= 0.3 is 0 Å². The van der Waals surface area contributed by atoms with Crippen LogP contribution in [0.15, 0.2) is 42.6 Å². The minimum absolute atomic E-state index is 0.875. The van der Waals surface area contributed by atoms with Crippen molar-refractivity contribution in [2.45, 2.75) is 13.5 Å². The lowest BCUT2D eigenvalue weighted by Crippen LogP contribution is -2.14. The molecule has 0 unspecified atom stereocenters. The molecule has 0 saturated carbocycles. The summed E-state index contributed by atoms with van der Waals surface area (Å²) in [5.74, 6) is 0. The summed E-state index contributed by atoms with van der Waals surface area (Å²) in [6.07, 6.45) is 2.07. The Morgan fingerprint density at radius 3 is 3.00 bits per heavy atom. The maximum Gasteiger partial charge on any atom is 0.0457 e. The van der Waals surface area contributed by atoms with E-state index in [0.29, 0.717) is 0 Å². The predicted molar refractivity (Wildman–Crippen MR) is 64.8 cm³/mol. The number of fused-ring (bicyclic) bond motifs is 1. The zero-order chi connectivity index (χ0) is 10.7. The molecule has 15 heavy (non-hydrogen) atoms. The molecule has 2 nitrogen and oxygen atoms in total. The average Bonchev–Trinajstić information content (AvgIpc) is 2.62. The molecule has 0 radical (unpaired) electrons. The number of hydrogen-bond donors (Lipinski definition) is 2. The number of H-pyrrole nitrogens is 1. The highest BCUT2D eigenvalue weighted by atomic mass is 14.9. The van der Waals surface area contributed by atoms with Gasteiger partial charge in [-0.05, 0) is 18.6 Å². The molecular formula is C13H16N2. The molecule has 2 heteroatoms. The minimum Gasteiger partial charge on any atom is -0.361 e. The number of nitrogens with one attached hydrogen (secondary N) is 2. The molecule has 0 bridgehead atoms. The SMILES string of the molecule is C=C(C)CNCc1c[nH]c2ccccc12. The molecule has 0 aliphatic rings. The summed E-state index contributed by atoms with van der Waals surface area (Å²) in [4.78, 5) is 3.26. The molecule has 0 fully saturated rings. The van der Waals surface area contributed by atoms with Crippen LogP contribution in [0.4, 0.5) is 0 Å². The fourth-order valence-corrected chi connectivity index (χ4v) is 1.69. The average molecular weight is 200 g/mol. The monoisotopic (exact) mass is 200 g/mol. The lowest BCUT2D eigenvalue weighted by Gasteiger charge is -2.02. The molecule has 78 valence electrons. The summed E-state index contributed by atoms with van der Waals surface area (Å²) in [7, 11) is 0. The van der Waals surface area contributed by atoms with Crippen LogP contribution >= 0.6 is 0 Å². The van der Waals surface area contributed by atoms with Crippen LogP contribution in [0.2, 0.25) is 0 Å². The highest BCUT2D eigenvalue weighted by Gasteiger charge is 2.01. The first-order valence-electron chi connectivity index (χ1n) is 5.17. The van der Waals surface area contributed by atoms with E-state index in [1.807, 2.05) is 13.0 Å². The van der Waals surface area contributed by atoms with Crippen LogP contribution in [0.3, 0.4) is 0 Å². The van der Waals surface area contributed by atoms with Crippen molar-refractivity contribution in [1.82, 2.24) is 10.3 Å². The van der Waals surface area contributed by atoms with E-state index in [1.165, 1.54) is 16.5 Å². The van der Waals surface area contributed by atoms with E-state index in [2.05, 4.69) is 41.3 Å². The van der Waals surface area contributed by atoms with E-state index in [9.17, 15) is 0 Å². The lowest BCUT2D eigenvalue weighted by atomic mass is 10.2. The van der Waals surface area contributed by atoms with E-state index < -0.39 is 0 Å². The van der Waals surface area contributed by atoms with Gasteiger partial charge in [0, 0.05) is 30.2 Å². The summed E-state index contributed by atoms with van der Waals surface area (Å²) >= 11 is 0. The van der Waals surface area contributed by atoms with Crippen molar-refractivity contribution >= 4 is 10.9 Å². The molecule has 0 aliphatic heterocycles. The summed E-state index contributed by atoms with van der Waals surface area (Å²) < 4.78 is 0. The molecule has 2 aromatic rings. The van der Waals surface area contributed by atoms with Gasteiger partial charge in [0.1, 0.15) is 0 Å².